The van der Waals surface area contributed by atoms with E-state index in [2.05, 4.69) is 5.32 Å². The van der Waals surface area contributed by atoms with Gasteiger partial charge in [0.2, 0.25) is 0 Å². The van der Waals surface area contributed by atoms with Crippen LogP contribution in [0.25, 0.3) is 0 Å². The predicted molar refractivity (Wildman–Crippen MR) is 88.1 cm³/mol. The van der Waals surface area contributed by atoms with Crippen LogP contribution in [0.2, 0.25) is 0 Å². The van der Waals surface area contributed by atoms with Crippen molar-refractivity contribution in [2.75, 3.05) is 0 Å². The number of sulfone groups is 1. The Morgan fingerprint density at radius 3 is 1.85 bits per heavy atom. The van der Waals surface area contributed by atoms with Gasteiger partial charge >= 0.3 is 5.51 Å². The topological polar surface area (TPSA) is 63.2 Å². The summed E-state index contributed by atoms with van der Waals surface area (Å²) in [5.74, 6) is 1.62. The lowest BCUT2D eigenvalue weighted by molar-refractivity contribution is -0.0436. The largest absolute Gasteiger partial charge is 0.501 e. The van der Waals surface area contributed by atoms with Gasteiger partial charge in [-0.25, -0.2) is 8.42 Å². The molecule has 4 fully saturated rings. The van der Waals surface area contributed by atoms with Gasteiger partial charge in [-0.05, 0) is 80.5 Å². The lowest BCUT2D eigenvalue weighted by Crippen LogP contribution is -2.59. The quantitative estimate of drug-likeness (QED) is 0.861. The lowest BCUT2D eigenvalue weighted by Gasteiger charge is -2.56. The summed E-state index contributed by atoms with van der Waals surface area (Å²) in [6, 6.07) is 3.98. The Bertz CT molecular complexity index is 795. The van der Waals surface area contributed by atoms with Crippen molar-refractivity contribution >= 4 is 15.7 Å². The summed E-state index contributed by atoms with van der Waals surface area (Å²) >= 11 is 0. The van der Waals surface area contributed by atoms with E-state index in [4.69, 9.17) is 0 Å². The van der Waals surface area contributed by atoms with Crippen LogP contribution in [0.15, 0.2) is 29.2 Å². The van der Waals surface area contributed by atoms with Gasteiger partial charge in [0.15, 0.2) is 0 Å². The van der Waals surface area contributed by atoms with E-state index in [1.165, 1.54) is 19.3 Å². The van der Waals surface area contributed by atoms with Gasteiger partial charge < -0.3 is 5.32 Å². The van der Waals surface area contributed by atoms with Crippen LogP contribution < -0.4 is 5.32 Å². The molecule has 1 amide bonds. The van der Waals surface area contributed by atoms with Crippen LogP contribution in [0.3, 0.4) is 0 Å². The molecule has 5 rings (SSSR count). The Morgan fingerprint density at radius 2 is 1.42 bits per heavy atom. The molecule has 0 aromatic heterocycles. The van der Waals surface area contributed by atoms with E-state index < -0.39 is 20.2 Å². The molecule has 1 aromatic rings. The van der Waals surface area contributed by atoms with Crippen molar-refractivity contribution < 1.29 is 26.4 Å². The van der Waals surface area contributed by atoms with E-state index in [-0.39, 0.29) is 17.0 Å². The minimum absolute atomic E-state index is 0.182. The summed E-state index contributed by atoms with van der Waals surface area (Å²) in [4.78, 5) is 11.8. The normalized spacial score (nSPS) is 33.3. The minimum Gasteiger partial charge on any atom is -0.347 e. The van der Waals surface area contributed by atoms with Crippen molar-refractivity contribution in [3.8, 4) is 0 Å². The summed E-state index contributed by atoms with van der Waals surface area (Å²) < 4.78 is 60.6. The molecule has 0 radical (unpaired) electrons. The fourth-order valence-electron chi connectivity index (χ4n) is 5.50. The summed E-state index contributed by atoms with van der Waals surface area (Å²) in [5.41, 5.74) is -5.37. The van der Waals surface area contributed by atoms with Gasteiger partial charge in [-0.2, -0.15) is 13.2 Å². The van der Waals surface area contributed by atoms with Crippen molar-refractivity contribution in [1.29, 1.82) is 0 Å². The van der Waals surface area contributed by atoms with Crippen molar-refractivity contribution in [3.05, 3.63) is 29.8 Å². The molecule has 4 bridgehead atoms. The minimum atomic E-state index is -5.39. The van der Waals surface area contributed by atoms with Crippen LogP contribution >= 0.6 is 0 Å². The molecule has 8 heteroatoms. The smallest absolute Gasteiger partial charge is 0.347 e. The number of rotatable bonds is 3. The maximum absolute atomic E-state index is 12.6. The van der Waals surface area contributed by atoms with Gasteiger partial charge in [0.05, 0.1) is 4.90 Å². The molecule has 142 valence electrons. The van der Waals surface area contributed by atoms with Gasteiger partial charge in [0.25, 0.3) is 15.7 Å². The molecular formula is C18H20F3NO3S. The van der Waals surface area contributed by atoms with Gasteiger partial charge in [-0.1, -0.05) is 0 Å². The molecule has 1 N–H and O–H groups in total. The van der Waals surface area contributed by atoms with E-state index in [0.717, 1.165) is 43.5 Å². The number of carbonyl (C=O) groups excluding carboxylic acids is 1. The van der Waals surface area contributed by atoms with Crippen LogP contribution in [-0.2, 0) is 9.84 Å². The number of amides is 1. The Hall–Kier alpha value is -1.57. The molecule has 0 aliphatic heterocycles. The molecule has 0 saturated heterocycles. The second kappa shape index (κ2) is 5.71. The number of alkyl halides is 3. The summed E-state index contributed by atoms with van der Waals surface area (Å²) in [7, 11) is -5.39. The van der Waals surface area contributed by atoms with Crippen LogP contribution in [-0.4, -0.2) is 25.4 Å². The molecule has 0 spiro atoms. The second-order valence-corrected chi connectivity index (χ2v) is 10.1. The molecule has 4 aliphatic carbocycles. The van der Waals surface area contributed by atoms with Gasteiger partial charge in [0.1, 0.15) is 0 Å². The van der Waals surface area contributed by atoms with E-state index in [9.17, 15) is 26.4 Å². The first kappa shape index (κ1) is 17.8. The van der Waals surface area contributed by atoms with Crippen molar-refractivity contribution in [1.82, 2.24) is 5.32 Å². The number of hydrogen-bond acceptors (Lipinski definition) is 3. The highest BCUT2D eigenvalue weighted by Gasteiger charge is 2.51. The van der Waals surface area contributed by atoms with Crippen molar-refractivity contribution in [2.24, 2.45) is 17.8 Å². The van der Waals surface area contributed by atoms with Crippen LogP contribution in [0.4, 0.5) is 13.2 Å². The molecule has 4 nitrogen and oxygen atoms in total. The standard InChI is InChI=1S/C18H20F3NO3S/c19-18(20,21)26(24,25)15-3-1-14(2-4-15)16(23)22-17-8-11-5-12(9-17)7-13(6-11)10-17/h1-4,11-13H,5-10H2,(H,22,23). The molecule has 0 heterocycles. The molecule has 0 atom stereocenters. The van der Waals surface area contributed by atoms with E-state index in [0.29, 0.717) is 17.8 Å². The van der Waals surface area contributed by atoms with Crippen LogP contribution in [0.1, 0.15) is 48.9 Å². The SMILES string of the molecule is O=C(NC12CC3CC(CC(C3)C1)C2)c1ccc(S(=O)(=O)C(F)(F)F)cc1. The Balaban J connectivity index is 1.51. The summed E-state index contributed by atoms with van der Waals surface area (Å²) in [6.45, 7) is 0. The summed E-state index contributed by atoms with van der Waals surface area (Å²) in [5, 5.41) is 3.12. The average Bonchev–Trinajstić information content (AvgIpc) is 2.52. The number of hydrogen-bond donors (Lipinski definition) is 1. The zero-order chi connectivity index (χ0) is 18.7. The number of benzene rings is 1. The first-order chi connectivity index (χ1) is 12.1. The van der Waals surface area contributed by atoms with Gasteiger partial charge in [-0.15, -0.1) is 0 Å². The highest BCUT2D eigenvalue weighted by molar-refractivity contribution is 7.92. The van der Waals surface area contributed by atoms with Crippen molar-refractivity contribution in [2.45, 2.75) is 54.5 Å². The third-order valence-electron chi connectivity index (χ3n) is 6.15. The highest BCUT2D eigenvalue weighted by Crippen LogP contribution is 2.55. The maximum Gasteiger partial charge on any atom is 0.501 e. The van der Waals surface area contributed by atoms with Gasteiger partial charge in [-0.3, -0.25) is 4.79 Å². The fraction of sp³-hybridized carbons (Fsp3) is 0.611. The molecule has 0 unspecified atom stereocenters. The average molecular weight is 387 g/mol. The third kappa shape index (κ3) is 2.92. The second-order valence-electron chi connectivity index (χ2n) is 8.13. The fourth-order valence-corrected chi connectivity index (χ4v) is 6.26. The highest BCUT2D eigenvalue weighted by atomic mass is 32.2. The van der Waals surface area contributed by atoms with Crippen LogP contribution in [0, 0.1) is 17.8 Å². The van der Waals surface area contributed by atoms with E-state index in [1.807, 2.05) is 0 Å². The first-order valence-corrected chi connectivity index (χ1v) is 10.3. The lowest BCUT2D eigenvalue weighted by atomic mass is 9.53. The molecular weight excluding hydrogens is 367 g/mol. The first-order valence-electron chi connectivity index (χ1n) is 8.82. The van der Waals surface area contributed by atoms with E-state index >= 15 is 0 Å². The Morgan fingerprint density at radius 1 is 0.962 bits per heavy atom. The Kier molecular flexibility index (Phi) is 3.92. The predicted octanol–water partition coefficient (Wildman–Crippen LogP) is 3.68. The zero-order valence-electron chi connectivity index (χ0n) is 14.1. The van der Waals surface area contributed by atoms with Crippen LogP contribution in [0.5, 0.6) is 0 Å². The van der Waals surface area contributed by atoms with Crippen molar-refractivity contribution in [3.63, 3.8) is 0 Å². The third-order valence-corrected chi connectivity index (χ3v) is 7.65. The molecule has 4 aliphatic rings. The summed E-state index contributed by atoms with van der Waals surface area (Å²) in [6.07, 6.45) is 6.60. The number of nitrogens with one attached hydrogen (secondary N) is 1. The number of halogens is 3. The van der Waals surface area contributed by atoms with Gasteiger partial charge in [0, 0.05) is 11.1 Å². The molecule has 4 saturated carbocycles. The zero-order valence-corrected chi connectivity index (χ0v) is 14.9. The monoisotopic (exact) mass is 387 g/mol. The molecule has 1 aromatic carbocycles. The Labute approximate surface area is 150 Å². The van der Waals surface area contributed by atoms with E-state index in [1.54, 1.807) is 0 Å². The maximum atomic E-state index is 12.6. The number of carbonyl (C=O) groups is 1. The molecule has 26 heavy (non-hydrogen) atoms.